The largest absolute Gasteiger partial charge is 0.493 e. The first kappa shape index (κ1) is 12.9. The van der Waals surface area contributed by atoms with E-state index >= 15 is 0 Å². The average molecular weight is 349 g/mol. The molecule has 1 atom stereocenters. The normalized spacial score (nSPS) is 20.0. The number of halogens is 1. The summed E-state index contributed by atoms with van der Waals surface area (Å²) in [6, 6.07) is 5.88. The van der Waals surface area contributed by atoms with E-state index in [1.807, 2.05) is 18.2 Å². The van der Waals surface area contributed by atoms with E-state index in [2.05, 4.69) is 27.9 Å². The first-order valence-electron chi connectivity index (χ1n) is 5.58. The summed E-state index contributed by atoms with van der Waals surface area (Å²) < 4.78 is 17.7. The number of ether oxygens (including phenoxy) is 3. The van der Waals surface area contributed by atoms with Crippen molar-refractivity contribution in [2.75, 3.05) is 33.4 Å². The molecule has 1 aliphatic rings. The van der Waals surface area contributed by atoms with Crippen LogP contribution in [-0.4, -0.2) is 39.5 Å². The van der Waals surface area contributed by atoms with E-state index in [1.54, 1.807) is 7.11 Å². The van der Waals surface area contributed by atoms with Crippen LogP contribution in [0.15, 0.2) is 18.2 Å². The minimum atomic E-state index is 0.118. The summed E-state index contributed by atoms with van der Waals surface area (Å²) in [7, 11) is 1.65. The van der Waals surface area contributed by atoms with Gasteiger partial charge in [-0.25, -0.2) is 0 Å². The third kappa shape index (κ3) is 3.72. The third-order valence-corrected chi connectivity index (χ3v) is 3.23. The zero-order chi connectivity index (χ0) is 12.1. The second-order valence-electron chi connectivity index (χ2n) is 3.80. The molecule has 2 rings (SSSR count). The van der Waals surface area contributed by atoms with E-state index in [4.69, 9.17) is 14.2 Å². The lowest BCUT2D eigenvalue weighted by Gasteiger charge is -2.24. The van der Waals surface area contributed by atoms with Gasteiger partial charge < -0.3 is 19.5 Å². The minimum absolute atomic E-state index is 0.118. The lowest BCUT2D eigenvalue weighted by atomic mass is 10.3. The minimum Gasteiger partial charge on any atom is -0.493 e. The van der Waals surface area contributed by atoms with Gasteiger partial charge in [-0.15, -0.1) is 0 Å². The maximum absolute atomic E-state index is 5.73. The van der Waals surface area contributed by atoms with Gasteiger partial charge in [0.15, 0.2) is 11.5 Å². The molecule has 1 fully saturated rings. The van der Waals surface area contributed by atoms with Crippen molar-refractivity contribution in [2.45, 2.75) is 6.10 Å². The molecule has 1 unspecified atom stereocenters. The monoisotopic (exact) mass is 349 g/mol. The molecule has 0 amide bonds. The highest BCUT2D eigenvalue weighted by atomic mass is 127. The summed E-state index contributed by atoms with van der Waals surface area (Å²) >= 11 is 2.25. The highest BCUT2D eigenvalue weighted by Gasteiger charge is 2.15. The molecule has 0 aliphatic carbocycles. The summed E-state index contributed by atoms with van der Waals surface area (Å²) in [5, 5.41) is 3.27. The Bertz CT molecular complexity index is 367. The average Bonchev–Trinajstić information content (AvgIpc) is 2.38. The van der Waals surface area contributed by atoms with Gasteiger partial charge in [-0.05, 0) is 40.8 Å². The molecule has 1 heterocycles. The fourth-order valence-electron chi connectivity index (χ4n) is 1.67. The van der Waals surface area contributed by atoms with E-state index in [0.29, 0.717) is 6.61 Å². The number of nitrogens with one attached hydrogen (secondary N) is 1. The maximum Gasteiger partial charge on any atom is 0.161 e. The fourth-order valence-corrected chi connectivity index (χ4v) is 2.13. The Kier molecular flexibility index (Phi) is 4.87. The Balaban J connectivity index is 1.93. The summed E-state index contributed by atoms with van der Waals surface area (Å²) in [6.45, 7) is 3.05. The number of benzene rings is 1. The smallest absolute Gasteiger partial charge is 0.161 e. The Hall–Kier alpha value is -0.530. The van der Waals surface area contributed by atoms with Gasteiger partial charge in [0.05, 0.1) is 13.7 Å². The van der Waals surface area contributed by atoms with E-state index < -0.39 is 0 Å². The van der Waals surface area contributed by atoms with Crippen LogP contribution in [0.4, 0.5) is 0 Å². The van der Waals surface area contributed by atoms with Crippen molar-refractivity contribution >= 4 is 22.6 Å². The van der Waals surface area contributed by atoms with Crippen molar-refractivity contribution in [3.05, 3.63) is 21.8 Å². The van der Waals surface area contributed by atoms with Crippen LogP contribution in [0.25, 0.3) is 0 Å². The van der Waals surface area contributed by atoms with Crippen molar-refractivity contribution in [1.82, 2.24) is 5.32 Å². The van der Waals surface area contributed by atoms with Crippen LogP contribution >= 0.6 is 22.6 Å². The molecule has 0 aromatic heterocycles. The Morgan fingerprint density at radius 1 is 1.47 bits per heavy atom. The quantitative estimate of drug-likeness (QED) is 0.840. The highest BCUT2D eigenvalue weighted by Crippen LogP contribution is 2.28. The summed E-state index contributed by atoms with van der Waals surface area (Å²) in [6.07, 6.45) is 0.118. The lowest BCUT2D eigenvalue weighted by Crippen LogP contribution is -2.41. The topological polar surface area (TPSA) is 39.7 Å². The molecule has 1 aliphatic heterocycles. The van der Waals surface area contributed by atoms with Gasteiger partial charge in [-0.3, -0.25) is 0 Å². The second kappa shape index (κ2) is 6.42. The summed E-state index contributed by atoms with van der Waals surface area (Å²) in [5.74, 6) is 1.53. The molecule has 1 N–H and O–H groups in total. The van der Waals surface area contributed by atoms with Crippen LogP contribution in [0.3, 0.4) is 0 Å². The molecule has 1 aromatic rings. The summed E-state index contributed by atoms with van der Waals surface area (Å²) in [4.78, 5) is 0. The van der Waals surface area contributed by atoms with Gasteiger partial charge in [0.1, 0.15) is 12.7 Å². The molecular formula is C12H16INO3. The van der Waals surface area contributed by atoms with E-state index in [1.165, 1.54) is 0 Å². The molecular weight excluding hydrogens is 333 g/mol. The standard InChI is InChI=1S/C12H16INO3/c1-15-12-6-9(13)2-3-11(12)17-8-10-7-14-4-5-16-10/h2-3,6,10,14H,4-5,7-8H2,1H3. The Morgan fingerprint density at radius 2 is 2.35 bits per heavy atom. The van der Waals surface area contributed by atoms with Crippen molar-refractivity contribution in [3.8, 4) is 11.5 Å². The van der Waals surface area contributed by atoms with Crippen LogP contribution in [-0.2, 0) is 4.74 Å². The maximum atomic E-state index is 5.73. The zero-order valence-electron chi connectivity index (χ0n) is 9.74. The molecule has 0 saturated carbocycles. The van der Waals surface area contributed by atoms with Gasteiger partial charge in [-0.1, -0.05) is 0 Å². The first-order chi connectivity index (χ1) is 8.29. The predicted molar refractivity (Wildman–Crippen MR) is 73.8 cm³/mol. The molecule has 1 saturated heterocycles. The number of rotatable bonds is 4. The van der Waals surface area contributed by atoms with Gasteiger partial charge in [0, 0.05) is 16.7 Å². The SMILES string of the molecule is COc1cc(I)ccc1OCC1CNCCO1. The van der Waals surface area contributed by atoms with Crippen LogP contribution in [0.5, 0.6) is 11.5 Å². The third-order valence-electron chi connectivity index (χ3n) is 2.55. The van der Waals surface area contributed by atoms with Crippen LogP contribution < -0.4 is 14.8 Å². The van der Waals surface area contributed by atoms with Gasteiger partial charge in [0.2, 0.25) is 0 Å². The van der Waals surface area contributed by atoms with Gasteiger partial charge in [0.25, 0.3) is 0 Å². The van der Waals surface area contributed by atoms with Crippen LogP contribution in [0.2, 0.25) is 0 Å². The number of hydrogen-bond acceptors (Lipinski definition) is 4. The molecule has 17 heavy (non-hydrogen) atoms. The van der Waals surface area contributed by atoms with Crippen molar-refractivity contribution in [2.24, 2.45) is 0 Å². The van der Waals surface area contributed by atoms with Gasteiger partial charge in [-0.2, -0.15) is 0 Å². The van der Waals surface area contributed by atoms with Gasteiger partial charge >= 0.3 is 0 Å². The van der Waals surface area contributed by atoms with E-state index in [0.717, 1.165) is 34.8 Å². The first-order valence-corrected chi connectivity index (χ1v) is 6.66. The molecule has 5 heteroatoms. The molecule has 1 aromatic carbocycles. The van der Waals surface area contributed by atoms with E-state index in [9.17, 15) is 0 Å². The molecule has 4 nitrogen and oxygen atoms in total. The van der Waals surface area contributed by atoms with Crippen LogP contribution in [0.1, 0.15) is 0 Å². The molecule has 0 bridgehead atoms. The van der Waals surface area contributed by atoms with Crippen molar-refractivity contribution < 1.29 is 14.2 Å². The zero-order valence-corrected chi connectivity index (χ0v) is 11.9. The predicted octanol–water partition coefficient (Wildman–Crippen LogP) is 1.67. The fraction of sp³-hybridized carbons (Fsp3) is 0.500. The Labute approximate surface area is 115 Å². The molecule has 94 valence electrons. The second-order valence-corrected chi connectivity index (χ2v) is 5.05. The number of morpholine rings is 1. The lowest BCUT2D eigenvalue weighted by molar-refractivity contribution is -0.000267. The highest BCUT2D eigenvalue weighted by molar-refractivity contribution is 14.1. The molecule has 0 radical (unpaired) electrons. The Morgan fingerprint density at radius 3 is 3.06 bits per heavy atom. The van der Waals surface area contributed by atoms with E-state index in [-0.39, 0.29) is 6.10 Å². The van der Waals surface area contributed by atoms with Crippen LogP contribution in [0, 0.1) is 3.57 Å². The summed E-state index contributed by atoms with van der Waals surface area (Å²) in [5.41, 5.74) is 0. The molecule has 0 spiro atoms. The van der Waals surface area contributed by atoms with Crippen molar-refractivity contribution in [3.63, 3.8) is 0 Å². The van der Waals surface area contributed by atoms with Crippen molar-refractivity contribution in [1.29, 1.82) is 0 Å². The number of methoxy groups -OCH3 is 1. The number of hydrogen-bond donors (Lipinski definition) is 1.